The number of hydrogen-bond donors (Lipinski definition) is 1. The van der Waals surface area contributed by atoms with E-state index in [0.717, 1.165) is 22.3 Å². The van der Waals surface area contributed by atoms with E-state index in [2.05, 4.69) is 25.7 Å². The molecule has 0 spiro atoms. The lowest BCUT2D eigenvalue weighted by atomic mass is 10.00. The minimum atomic E-state index is -4.12. The number of aryl methyl sites for hydroxylation is 2. The van der Waals surface area contributed by atoms with Gasteiger partial charge in [-0.15, -0.1) is 0 Å². The second kappa shape index (κ2) is 11.5. The zero-order chi connectivity index (χ0) is 30.1. The van der Waals surface area contributed by atoms with Gasteiger partial charge in [0.25, 0.3) is 15.9 Å². The highest BCUT2D eigenvalue weighted by molar-refractivity contribution is 7.92. The van der Waals surface area contributed by atoms with Crippen LogP contribution in [0.15, 0.2) is 77.7 Å². The smallest absolute Gasteiger partial charge is 0.264 e. The Kier molecular flexibility index (Phi) is 7.56. The van der Waals surface area contributed by atoms with Gasteiger partial charge in [-0.3, -0.25) is 9.69 Å². The third-order valence-electron chi connectivity index (χ3n) is 7.74. The molecule has 0 radical (unpaired) electrons. The summed E-state index contributed by atoms with van der Waals surface area (Å²) >= 11 is 0. The van der Waals surface area contributed by atoms with Gasteiger partial charge >= 0.3 is 0 Å². The number of nitrogens with one attached hydrogen (secondary N) is 1. The van der Waals surface area contributed by atoms with Gasteiger partial charge in [0.1, 0.15) is 6.10 Å². The van der Waals surface area contributed by atoms with Crippen LogP contribution in [-0.2, 0) is 16.6 Å². The first-order valence-corrected chi connectivity index (χ1v) is 15.4. The highest BCUT2D eigenvalue weighted by atomic mass is 32.2. The van der Waals surface area contributed by atoms with E-state index in [1.165, 1.54) is 12.1 Å². The normalized spacial score (nSPS) is 18.1. The summed E-state index contributed by atoms with van der Waals surface area (Å²) < 4.78 is 35.8. The lowest BCUT2D eigenvalue weighted by molar-refractivity contribution is 0.0690. The maximum Gasteiger partial charge on any atom is 0.264 e. The predicted octanol–water partition coefficient (Wildman–Crippen LogP) is 4.15. The van der Waals surface area contributed by atoms with Crippen molar-refractivity contribution in [3.05, 3.63) is 101 Å². The maximum absolute atomic E-state index is 13.7. The second-order valence-electron chi connectivity index (χ2n) is 10.8. The number of nitriles is 1. The minimum absolute atomic E-state index is 0.0674. The second-order valence-corrected chi connectivity index (χ2v) is 12.5. The Morgan fingerprint density at radius 1 is 0.977 bits per heavy atom. The molecule has 1 atom stereocenters. The fraction of sp³-hybridized carbons (Fsp3) is 0.250. The molecule has 0 saturated carbocycles. The predicted molar refractivity (Wildman–Crippen MR) is 161 cm³/mol. The molecule has 1 amide bonds. The molecular formula is C32H30N6O4S. The molecule has 2 aliphatic rings. The van der Waals surface area contributed by atoms with Crippen molar-refractivity contribution in [2.45, 2.75) is 31.4 Å². The Bertz CT molecular complexity index is 1850. The Morgan fingerprint density at radius 2 is 1.74 bits per heavy atom. The van der Waals surface area contributed by atoms with Gasteiger partial charge in [-0.05, 0) is 54.8 Å². The van der Waals surface area contributed by atoms with Crippen LogP contribution in [-0.4, -0.2) is 66.4 Å². The van der Waals surface area contributed by atoms with E-state index in [-0.39, 0.29) is 34.7 Å². The van der Waals surface area contributed by atoms with Crippen molar-refractivity contribution in [3.63, 3.8) is 0 Å². The summed E-state index contributed by atoms with van der Waals surface area (Å²) in [4.78, 5) is 26.5. The van der Waals surface area contributed by atoms with Crippen molar-refractivity contribution in [1.82, 2.24) is 19.8 Å². The SMILES string of the molecule is Cc1cccc(C)c1-c1cc2nc(n1)NS(=O)(=O)c1cccc(c1)C(=O)N1CCN(Cc3ccccc3C#N)CC(C1)O2. The first-order chi connectivity index (χ1) is 20.7. The van der Waals surface area contributed by atoms with Gasteiger partial charge in [-0.2, -0.15) is 10.2 Å². The number of hydrogen-bond acceptors (Lipinski definition) is 8. The number of carbonyl (C=O) groups is 1. The summed E-state index contributed by atoms with van der Waals surface area (Å²) in [5, 5.41) is 9.63. The van der Waals surface area contributed by atoms with E-state index in [1.807, 2.05) is 50.2 Å². The number of carbonyl (C=O) groups excluding carboxylic acids is 1. The largest absolute Gasteiger partial charge is 0.471 e. The number of amides is 1. The van der Waals surface area contributed by atoms with Crippen LogP contribution in [0.4, 0.5) is 5.95 Å². The van der Waals surface area contributed by atoms with Gasteiger partial charge in [0.2, 0.25) is 11.8 Å². The molecule has 2 aliphatic heterocycles. The molecule has 1 unspecified atom stereocenters. The molecule has 3 heterocycles. The van der Waals surface area contributed by atoms with Crippen LogP contribution < -0.4 is 9.46 Å². The highest BCUT2D eigenvalue weighted by Gasteiger charge is 2.30. The monoisotopic (exact) mass is 594 g/mol. The maximum atomic E-state index is 13.7. The third kappa shape index (κ3) is 5.93. The molecule has 1 saturated heterocycles. The number of aromatic nitrogens is 2. The fourth-order valence-corrected chi connectivity index (χ4v) is 6.64. The molecule has 3 aromatic carbocycles. The molecule has 0 aliphatic carbocycles. The Hall–Kier alpha value is -4.79. The molecule has 6 rings (SSSR count). The van der Waals surface area contributed by atoms with Crippen molar-refractivity contribution in [2.24, 2.45) is 0 Å². The van der Waals surface area contributed by atoms with Crippen LogP contribution in [0.1, 0.15) is 32.6 Å². The summed E-state index contributed by atoms with van der Waals surface area (Å²) in [6.07, 6.45) is -0.505. The van der Waals surface area contributed by atoms with Gasteiger partial charge in [0.05, 0.1) is 28.8 Å². The molecule has 218 valence electrons. The molecule has 10 nitrogen and oxygen atoms in total. The lowest BCUT2D eigenvalue weighted by Crippen LogP contribution is -2.40. The topological polar surface area (TPSA) is 129 Å². The molecular weight excluding hydrogens is 564 g/mol. The van der Waals surface area contributed by atoms with Gasteiger partial charge in [0, 0.05) is 43.4 Å². The van der Waals surface area contributed by atoms with E-state index in [0.29, 0.717) is 37.4 Å². The highest BCUT2D eigenvalue weighted by Crippen LogP contribution is 2.30. The summed E-state index contributed by atoms with van der Waals surface area (Å²) in [6, 6.07) is 23.3. The zero-order valence-corrected chi connectivity index (χ0v) is 24.6. The average Bonchev–Trinajstić information content (AvgIpc) is 3.18. The molecule has 1 N–H and O–H groups in total. The van der Waals surface area contributed by atoms with Crippen LogP contribution in [0.25, 0.3) is 11.3 Å². The molecule has 6 bridgehead atoms. The van der Waals surface area contributed by atoms with Gasteiger partial charge in [-0.25, -0.2) is 18.1 Å². The molecule has 4 aromatic rings. The number of nitrogens with zero attached hydrogens (tertiary/aromatic N) is 5. The first kappa shape index (κ1) is 28.3. The van der Waals surface area contributed by atoms with Crippen molar-refractivity contribution >= 4 is 21.9 Å². The number of sulfonamides is 1. The summed E-state index contributed by atoms with van der Waals surface area (Å²) in [5.74, 6) is -0.234. The van der Waals surface area contributed by atoms with Crippen molar-refractivity contribution < 1.29 is 17.9 Å². The molecule has 1 fully saturated rings. The Balaban J connectivity index is 1.45. The van der Waals surface area contributed by atoms with Crippen molar-refractivity contribution in [3.8, 4) is 23.2 Å². The Morgan fingerprint density at radius 3 is 2.53 bits per heavy atom. The molecule has 11 heteroatoms. The van der Waals surface area contributed by atoms with Crippen LogP contribution >= 0.6 is 0 Å². The van der Waals surface area contributed by atoms with E-state index in [1.54, 1.807) is 29.2 Å². The number of benzene rings is 3. The van der Waals surface area contributed by atoms with Crippen molar-refractivity contribution in [2.75, 3.05) is 30.9 Å². The molecule has 1 aromatic heterocycles. The number of anilines is 1. The van der Waals surface area contributed by atoms with Gasteiger partial charge in [0.15, 0.2) is 0 Å². The van der Waals surface area contributed by atoms with Gasteiger partial charge < -0.3 is 9.64 Å². The van der Waals surface area contributed by atoms with E-state index < -0.39 is 16.1 Å². The van der Waals surface area contributed by atoms with Crippen molar-refractivity contribution in [1.29, 1.82) is 5.26 Å². The van der Waals surface area contributed by atoms with Crippen LogP contribution in [0.2, 0.25) is 0 Å². The standard InChI is InChI=1S/C32H30N6O4S/c1-21-7-5-8-22(2)30(21)28-16-29-35-32(34-28)36-43(40,41)27-12-6-11-23(15-27)31(39)38-14-13-37(19-26(20-38)42-29)18-25-10-4-3-9-24(25)17-33/h3-12,15-16,26H,13-14,18-20H2,1-2H3,(H,34,35,36). The van der Waals surface area contributed by atoms with E-state index in [4.69, 9.17) is 4.74 Å². The van der Waals surface area contributed by atoms with Crippen LogP contribution in [0, 0.1) is 25.2 Å². The van der Waals surface area contributed by atoms with Gasteiger partial charge in [-0.1, -0.05) is 42.5 Å². The zero-order valence-electron chi connectivity index (χ0n) is 23.8. The lowest BCUT2D eigenvalue weighted by Gasteiger charge is -2.25. The van der Waals surface area contributed by atoms with E-state index in [9.17, 15) is 18.5 Å². The summed E-state index contributed by atoms with van der Waals surface area (Å²) in [6.45, 7) is 6.08. The number of rotatable bonds is 3. The van der Waals surface area contributed by atoms with Crippen LogP contribution in [0.5, 0.6) is 5.88 Å². The Labute approximate surface area is 250 Å². The minimum Gasteiger partial charge on any atom is -0.471 e. The quantitative estimate of drug-likeness (QED) is 0.375. The third-order valence-corrected chi connectivity index (χ3v) is 9.06. The summed E-state index contributed by atoms with van der Waals surface area (Å²) in [5.41, 5.74) is 5.06. The summed E-state index contributed by atoms with van der Waals surface area (Å²) in [7, 11) is -4.12. The average molecular weight is 595 g/mol. The fourth-order valence-electron chi connectivity index (χ4n) is 5.65. The first-order valence-electron chi connectivity index (χ1n) is 13.9. The molecule has 43 heavy (non-hydrogen) atoms. The number of fused-ring (bicyclic) bond motifs is 6. The van der Waals surface area contributed by atoms with E-state index >= 15 is 0 Å². The number of ether oxygens (including phenoxy) is 1. The van der Waals surface area contributed by atoms with Crippen LogP contribution in [0.3, 0.4) is 0 Å².